The van der Waals surface area contributed by atoms with Crippen molar-refractivity contribution in [1.82, 2.24) is 0 Å². The van der Waals surface area contributed by atoms with Crippen LogP contribution in [0.3, 0.4) is 0 Å². The summed E-state index contributed by atoms with van der Waals surface area (Å²) < 4.78 is 24.4. The lowest BCUT2D eigenvalue weighted by atomic mass is 10.1. The molecule has 0 amide bonds. The molecular weight excluding hydrogens is 376 g/mol. The summed E-state index contributed by atoms with van der Waals surface area (Å²) in [4.78, 5) is 7.02. The van der Waals surface area contributed by atoms with E-state index in [2.05, 4.69) is 68.1 Å². The first kappa shape index (κ1) is 18.6. The summed E-state index contributed by atoms with van der Waals surface area (Å²) in [7, 11) is -3.02. The van der Waals surface area contributed by atoms with Crippen molar-refractivity contribution in [1.29, 1.82) is 0 Å². The molecule has 2 aliphatic rings. The maximum Gasteiger partial charge on any atom is 0.164 e. The molecule has 0 bridgehead atoms. The second kappa shape index (κ2) is 6.99. The fourth-order valence-corrected chi connectivity index (χ4v) is 6.75. The number of aryl methyl sites for hydroxylation is 3. The van der Waals surface area contributed by atoms with Crippen LogP contribution in [0.25, 0.3) is 0 Å². The zero-order chi connectivity index (χ0) is 19.2. The molecule has 0 aromatic heterocycles. The van der Waals surface area contributed by atoms with Gasteiger partial charge < -0.3 is 4.90 Å². The van der Waals surface area contributed by atoms with E-state index < -0.39 is 9.84 Å². The van der Waals surface area contributed by atoms with Gasteiger partial charge in [-0.1, -0.05) is 53.7 Å². The van der Waals surface area contributed by atoms with Crippen LogP contribution in [-0.2, 0) is 15.6 Å². The van der Waals surface area contributed by atoms with Crippen LogP contribution in [0.2, 0.25) is 0 Å². The van der Waals surface area contributed by atoms with Crippen molar-refractivity contribution in [3.63, 3.8) is 0 Å². The van der Waals surface area contributed by atoms with Crippen LogP contribution >= 0.6 is 11.8 Å². The normalized spacial score (nSPS) is 23.4. The molecule has 2 aromatic rings. The summed E-state index contributed by atoms with van der Waals surface area (Å²) in [5.74, 6) is 1.17. The van der Waals surface area contributed by atoms with Crippen LogP contribution in [-0.4, -0.2) is 37.2 Å². The first-order valence-electron chi connectivity index (χ1n) is 9.15. The highest BCUT2D eigenvalue weighted by molar-refractivity contribution is 8.13. The molecule has 1 fully saturated rings. The SMILES string of the molecule is Cc1cccc(CSC2=N[C@@H]3CS(=O)(=O)C[C@H]3N2c2cc(C)ccc2C)c1. The number of hydrogen-bond donors (Lipinski definition) is 0. The molecule has 27 heavy (non-hydrogen) atoms. The lowest BCUT2D eigenvalue weighted by Crippen LogP contribution is -2.39. The van der Waals surface area contributed by atoms with Crippen LogP contribution in [0.5, 0.6) is 0 Å². The summed E-state index contributed by atoms with van der Waals surface area (Å²) in [5, 5.41) is 0.940. The van der Waals surface area contributed by atoms with E-state index in [0.29, 0.717) is 0 Å². The minimum absolute atomic E-state index is 0.0875. The predicted octanol–water partition coefficient (Wildman–Crippen LogP) is 3.89. The Balaban J connectivity index is 1.66. The number of hydrogen-bond acceptors (Lipinski definition) is 5. The number of benzene rings is 2. The van der Waals surface area contributed by atoms with E-state index in [4.69, 9.17) is 4.99 Å². The summed E-state index contributed by atoms with van der Waals surface area (Å²) in [6.45, 7) is 6.24. The number of anilines is 1. The van der Waals surface area contributed by atoms with Gasteiger partial charge >= 0.3 is 0 Å². The fourth-order valence-electron chi connectivity index (χ4n) is 3.84. The molecular formula is C21H24N2O2S2. The third kappa shape index (κ3) is 3.78. The summed E-state index contributed by atoms with van der Waals surface area (Å²) in [6.07, 6.45) is 0. The zero-order valence-electron chi connectivity index (χ0n) is 15.8. The van der Waals surface area contributed by atoms with Gasteiger partial charge in [0.2, 0.25) is 0 Å². The second-order valence-corrected chi connectivity index (χ2v) is 10.7. The van der Waals surface area contributed by atoms with Crippen LogP contribution < -0.4 is 4.90 Å². The van der Waals surface area contributed by atoms with Crippen LogP contribution in [0, 0.1) is 20.8 Å². The molecule has 4 nitrogen and oxygen atoms in total. The van der Waals surface area contributed by atoms with Gasteiger partial charge in [-0.2, -0.15) is 0 Å². The largest absolute Gasteiger partial charge is 0.315 e. The average molecular weight is 401 g/mol. The number of amidine groups is 1. The highest BCUT2D eigenvalue weighted by atomic mass is 32.2. The van der Waals surface area contributed by atoms with Gasteiger partial charge in [0.15, 0.2) is 15.0 Å². The molecule has 2 aliphatic heterocycles. The Labute approximate surface area is 165 Å². The second-order valence-electron chi connectivity index (χ2n) is 7.56. The van der Waals surface area contributed by atoms with Crippen LogP contribution in [0.4, 0.5) is 5.69 Å². The molecule has 0 spiro atoms. The lowest BCUT2D eigenvalue weighted by molar-refractivity contribution is 0.601. The quantitative estimate of drug-likeness (QED) is 0.784. The smallest absolute Gasteiger partial charge is 0.164 e. The molecule has 4 rings (SSSR count). The molecule has 0 aliphatic carbocycles. The van der Waals surface area contributed by atoms with Gasteiger partial charge in [-0.05, 0) is 43.5 Å². The van der Waals surface area contributed by atoms with Crippen LogP contribution in [0.15, 0.2) is 47.5 Å². The highest BCUT2D eigenvalue weighted by Gasteiger charge is 2.47. The molecule has 2 heterocycles. The minimum Gasteiger partial charge on any atom is -0.315 e. The van der Waals surface area contributed by atoms with Crippen molar-refractivity contribution >= 4 is 32.5 Å². The van der Waals surface area contributed by atoms with E-state index in [9.17, 15) is 8.42 Å². The fraction of sp³-hybridized carbons (Fsp3) is 0.381. The predicted molar refractivity (Wildman–Crippen MR) is 115 cm³/mol. The summed E-state index contributed by atoms with van der Waals surface area (Å²) in [5.41, 5.74) is 5.90. The number of aliphatic imine (C=N–C) groups is 1. The number of rotatable bonds is 3. The molecule has 2 atom stereocenters. The Morgan fingerprint density at radius 2 is 1.85 bits per heavy atom. The minimum atomic E-state index is -3.02. The molecule has 0 N–H and O–H groups in total. The topological polar surface area (TPSA) is 49.7 Å². The number of nitrogens with zero attached hydrogens (tertiary/aromatic N) is 2. The van der Waals surface area contributed by atoms with Gasteiger partial charge in [0.25, 0.3) is 0 Å². The first-order chi connectivity index (χ1) is 12.8. The van der Waals surface area contributed by atoms with Crippen molar-refractivity contribution in [2.24, 2.45) is 4.99 Å². The maximum atomic E-state index is 12.2. The first-order valence-corrected chi connectivity index (χ1v) is 12.0. The van der Waals surface area contributed by atoms with E-state index in [-0.39, 0.29) is 23.6 Å². The molecule has 142 valence electrons. The number of fused-ring (bicyclic) bond motifs is 1. The van der Waals surface area contributed by atoms with Gasteiger partial charge in [-0.25, -0.2) is 8.42 Å². The van der Waals surface area contributed by atoms with Gasteiger partial charge in [0.1, 0.15) is 0 Å². The zero-order valence-corrected chi connectivity index (χ0v) is 17.5. The molecule has 2 aromatic carbocycles. The third-order valence-electron chi connectivity index (χ3n) is 5.18. The Morgan fingerprint density at radius 3 is 2.63 bits per heavy atom. The lowest BCUT2D eigenvalue weighted by Gasteiger charge is -2.28. The van der Waals surface area contributed by atoms with Gasteiger partial charge in [-0.3, -0.25) is 4.99 Å². The monoisotopic (exact) mass is 400 g/mol. The maximum absolute atomic E-state index is 12.2. The molecule has 0 saturated carbocycles. The summed E-state index contributed by atoms with van der Waals surface area (Å²) >= 11 is 1.70. The van der Waals surface area contributed by atoms with Crippen molar-refractivity contribution in [3.8, 4) is 0 Å². The van der Waals surface area contributed by atoms with Gasteiger partial charge in [0, 0.05) is 11.4 Å². The van der Waals surface area contributed by atoms with E-state index in [1.165, 1.54) is 16.7 Å². The van der Waals surface area contributed by atoms with E-state index in [1.54, 1.807) is 11.8 Å². The van der Waals surface area contributed by atoms with Crippen LogP contribution in [0.1, 0.15) is 22.3 Å². The van der Waals surface area contributed by atoms with Gasteiger partial charge in [0.05, 0.1) is 23.6 Å². The Bertz CT molecular complexity index is 1010. The molecule has 6 heteroatoms. The molecule has 0 unspecified atom stereocenters. The van der Waals surface area contributed by atoms with E-state index in [0.717, 1.165) is 22.2 Å². The number of sulfone groups is 1. The average Bonchev–Trinajstić information content (AvgIpc) is 3.06. The standard InChI is InChI=1S/C21H24N2O2S2/c1-14-5-4-6-17(9-14)11-26-21-22-18-12-27(24,25)13-20(18)23(21)19-10-15(2)7-8-16(19)3/h4-10,18,20H,11-13H2,1-3H3/t18-,20-/m1/s1. The Morgan fingerprint density at radius 1 is 1.07 bits per heavy atom. The van der Waals surface area contributed by atoms with Gasteiger partial charge in [-0.15, -0.1) is 0 Å². The molecule has 0 radical (unpaired) electrons. The van der Waals surface area contributed by atoms with Crippen molar-refractivity contribution in [2.45, 2.75) is 38.6 Å². The van der Waals surface area contributed by atoms with Crippen molar-refractivity contribution in [2.75, 3.05) is 16.4 Å². The van der Waals surface area contributed by atoms with E-state index in [1.807, 2.05) is 0 Å². The third-order valence-corrected chi connectivity index (χ3v) is 7.92. The summed E-state index contributed by atoms with van der Waals surface area (Å²) in [6, 6.07) is 14.6. The Kier molecular flexibility index (Phi) is 4.80. The molecule has 1 saturated heterocycles. The van der Waals surface area contributed by atoms with E-state index >= 15 is 0 Å². The van der Waals surface area contributed by atoms with Crippen molar-refractivity contribution < 1.29 is 8.42 Å². The van der Waals surface area contributed by atoms with Crippen molar-refractivity contribution in [3.05, 3.63) is 64.7 Å². The highest BCUT2D eigenvalue weighted by Crippen LogP contribution is 2.37. The number of thioether (sulfide) groups is 1. The Hall–Kier alpha value is -1.79.